The van der Waals surface area contributed by atoms with Gasteiger partial charge in [0.15, 0.2) is 0 Å². The van der Waals surface area contributed by atoms with Crippen molar-refractivity contribution >= 4 is 9.05 Å². The van der Waals surface area contributed by atoms with Crippen molar-refractivity contribution in [1.29, 1.82) is 0 Å². The molecule has 6 heteroatoms. The lowest BCUT2D eigenvalue weighted by Gasteiger charge is -2.20. The zero-order valence-corrected chi connectivity index (χ0v) is 8.33. The van der Waals surface area contributed by atoms with Crippen molar-refractivity contribution < 1.29 is 18.1 Å². The van der Waals surface area contributed by atoms with Gasteiger partial charge in [0, 0.05) is 14.2 Å². The standard InChI is InChI=1S/C5H15NO4Si/c1-6(2)5-10-11(7,8-3)9-4/h7H,5H2,1-4H3. The minimum absolute atomic E-state index is 0.282. The molecule has 0 aromatic heterocycles. The largest absolute Gasteiger partial charge is 0.677 e. The van der Waals surface area contributed by atoms with Crippen molar-refractivity contribution in [2.75, 3.05) is 35.0 Å². The first-order valence-electron chi connectivity index (χ1n) is 3.15. The Balaban J connectivity index is 3.69. The molecule has 0 aliphatic rings. The van der Waals surface area contributed by atoms with Crippen molar-refractivity contribution in [3.05, 3.63) is 0 Å². The molecular weight excluding hydrogens is 166 g/mol. The lowest BCUT2D eigenvalue weighted by molar-refractivity contribution is -0.00379. The van der Waals surface area contributed by atoms with Crippen LogP contribution in [0, 0.1) is 0 Å². The average molecular weight is 181 g/mol. The van der Waals surface area contributed by atoms with Gasteiger partial charge in [-0.1, -0.05) is 0 Å². The third-order valence-corrected chi connectivity index (χ3v) is 2.55. The van der Waals surface area contributed by atoms with Gasteiger partial charge in [0.1, 0.15) is 0 Å². The van der Waals surface area contributed by atoms with Gasteiger partial charge in [-0.3, -0.25) is 4.90 Å². The molecule has 5 nitrogen and oxygen atoms in total. The van der Waals surface area contributed by atoms with E-state index in [4.69, 9.17) is 4.43 Å². The number of rotatable bonds is 5. The zero-order chi connectivity index (χ0) is 8.91. The molecule has 0 spiro atoms. The molecular formula is C5H15NO4Si. The van der Waals surface area contributed by atoms with Gasteiger partial charge < -0.3 is 18.1 Å². The number of hydrogen-bond acceptors (Lipinski definition) is 5. The first-order chi connectivity index (χ1) is 5.04. The van der Waals surface area contributed by atoms with Crippen molar-refractivity contribution in [1.82, 2.24) is 4.90 Å². The van der Waals surface area contributed by atoms with Crippen LogP contribution in [0.2, 0.25) is 0 Å². The highest BCUT2D eigenvalue weighted by molar-refractivity contribution is 6.51. The molecule has 0 saturated heterocycles. The van der Waals surface area contributed by atoms with Crippen LogP contribution in [0.3, 0.4) is 0 Å². The quantitative estimate of drug-likeness (QED) is 0.446. The molecule has 68 valence electrons. The zero-order valence-electron chi connectivity index (χ0n) is 7.33. The molecule has 0 unspecified atom stereocenters. The molecule has 0 bridgehead atoms. The van der Waals surface area contributed by atoms with Crippen LogP contribution in [0.15, 0.2) is 0 Å². The first-order valence-corrected chi connectivity index (χ1v) is 4.82. The fourth-order valence-electron chi connectivity index (χ4n) is 0.412. The smallest absolute Gasteiger partial charge is 0.367 e. The van der Waals surface area contributed by atoms with Crippen molar-refractivity contribution in [2.45, 2.75) is 0 Å². The Kier molecular flexibility index (Phi) is 4.81. The molecule has 0 heterocycles. The molecule has 1 N–H and O–H groups in total. The topological polar surface area (TPSA) is 51.2 Å². The molecule has 0 rings (SSSR count). The summed E-state index contributed by atoms with van der Waals surface area (Å²) in [7, 11) is 3.04. The highest BCUT2D eigenvalue weighted by Gasteiger charge is 2.38. The first kappa shape index (κ1) is 11.0. The monoisotopic (exact) mass is 181 g/mol. The molecule has 0 aliphatic heterocycles. The van der Waals surface area contributed by atoms with Crippen LogP contribution in [0.1, 0.15) is 0 Å². The third kappa shape index (κ3) is 4.46. The Morgan fingerprint density at radius 3 is 2.00 bits per heavy atom. The van der Waals surface area contributed by atoms with Crippen LogP contribution in [0.5, 0.6) is 0 Å². The van der Waals surface area contributed by atoms with Gasteiger partial charge in [0.2, 0.25) is 0 Å². The fraction of sp³-hybridized carbons (Fsp3) is 1.00. The molecule has 0 saturated carbocycles. The Hall–Kier alpha value is 0.0169. The van der Waals surface area contributed by atoms with Crippen LogP contribution >= 0.6 is 0 Å². The maximum atomic E-state index is 9.32. The highest BCUT2D eigenvalue weighted by Crippen LogP contribution is 2.01. The van der Waals surface area contributed by atoms with E-state index in [-0.39, 0.29) is 6.73 Å². The SMILES string of the molecule is CO[Si](O)(OC)OCN(C)C. The molecule has 0 aromatic rings. The Morgan fingerprint density at radius 1 is 1.27 bits per heavy atom. The summed E-state index contributed by atoms with van der Waals surface area (Å²) in [6.07, 6.45) is 0. The second-order valence-corrected chi connectivity index (χ2v) is 4.44. The average Bonchev–Trinajstić information content (AvgIpc) is 2.00. The van der Waals surface area contributed by atoms with Crippen LogP contribution in [-0.2, 0) is 13.3 Å². The molecule has 0 radical (unpaired) electrons. The second kappa shape index (κ2) is 4.81. The summed E-state index contributed by atoms with van der Waals surface area (Å²) in [5.74, 6) is 0. The Bertz CT molecular complexity index is 107. The van der Waals surface area contributed by atoms with Crippen LogP contribution in [0.4, 0.5) is 0 Å². The van der Waals surface area contributed by atoms with Gasteiger partial charge in [0.05, 0.1) is 6.73 Å². The predicted molar refractivity (Wildman–Crippen MR) is 41.6 cm³/mol. The van der Waals surface area contributed by atoms with Crippen molar-refractivity contribution in [3.63, 3.8) is 0 Å². The minimum Gasteiger partial charge on any atom is -0.367 e. The number of hydrogen-bond donors (Lipinski definition) is 1. The predicted octanol–water partition coefficient (Wildman–Crippen LogP) is -0.757. The van der Waals surface area contributed by atoms with E-state index in [1.807, 2.05) is 14.1 Å². The molecule has 0 atom stereocenters. The molecule has 0 aromatic carbocycles. The maximum absolute atomic E-state index is 9.32. The van der Waals surface area contributed by atoms with Gasteiger partial charge in [-0.25, -0.2) is 0 Å². The normalized spacial score (nSPS) is 12.5. The lowest BCUT2D eigenvalue weighted by Crippen LogP contribution is -2.46. The van der Waals surface area contributed by atoms with E-state index >= 15 is 0 Å². The summed E-state index contributed by atoms with van der Waals surface area (Å²) in [6, 6.07) is 0. The summed E-state index contributed by atoms with van der Waals surface area (Å²) in [4.78, 5) is 11.1. The van der Waals surface area contributed by atoms with E-state index in [9.17, 15) is 4.80 Å². The minimum atomic E-state index is -3.30. The Morgan fingerprint density at radius 2 is 1.73 bits per heavy atom. The fourth-order valence-corrected chi connectivity index (χ4v) is 1.24. The van der Waals surface area contributed by atoms with Crippen LogP contribution in [0.25, 0.3) is 0 Å². The van der Waals surface area contributed by atoms with E-state index < -0.39 is 9.05 Å². The molecule has 11 heavy (non-hydrogen) atoms. The summed E-state index contributed by atoms with van der Waals surface area (Å²) >= 11 is 0. The molecule has 0 fully saturated rings. The van der Waals surface area contributed by atoms with E-state index in [1.165, 1.54) is 14.2 Å². The summed E-state index contributed by atoms with van der Waals surface area (Å²) in [5, 5.41) is 0. The molecule has 0 aliphatic carbocycles. The van der Waals surface area contributed by atoms with E-state index in [0.717, 1.165) is 0 Å². The van der Waals surface area contributed by atoms with E-state index in [2.05, 4.69) is 8.85 Å². The van der Waals surface area contributed by atoms with Gasteiger partial charge in [-0.15, -0.1) is 0 Å². The van der Waals surface area contributed by atoms with Gasteiger partial charge >= 0.3 is 9.05 Å². The Labute approximate surface area is 68.0 Å². The second-order valence-electron chi connectivity index (χ2n) is 2.29. The summed E-state index contributed by atoms with van der Waals surface area (Å²) < 4.78 is 14.3. The van der Waals surface area contributed by atoms with Gasteiger partial charge in [-0.05, 0) is 14.1 Å². The summed E-state index contributed by atoms with van der Waals surface area (Å²) in [6.45, 7) is 0.282. The van der Waals surface area contributed by atoms with Gasteiger partial charge in [-0.2, -0.15) is 0 Å². The molecule has 0 amide bonds. The number of nitrogens with zero attached hydrogens (tertiary/aromatic N) is 1. The van der Waals surface area contributed by atoms with Crippen molar-refractivity contribution in [2.24, 2.45) is 0 Å². The lowest BCUT2D eigenvalue weighted by atomic mass is 11.0. The van der Waals surface area contributed by atoms with E-state index in [1.54, 1.807) is 4.90 Å². The van der Waals surface area contributed by atoms with Crippen LogP contribution < -0.4 is 0 Å². The van der Waals surface area contributed by atoms with Crippen LogP contribution in [-0.4, -0.2) is 53.8 Å². The van der Waals surface area contributed by atoms with E-state index in [0.29, 0.717) is 0 Å². The third-order valence-electron chi connectivity index (χ3n) is 1.02. The summed E-state index contributed by atoms with van der Waals surface area (Å²) in [5.41, 5.74) is 0. The highest BCUT2D eigenvalue weighted by atomic mass is 28.4. The van der Waals surface area contributed by atoms with Crippen molar-refractivity contribution in [3.8, 4) is 0 Å². The van der Waals surface area contributed by atoms with Gasteiger partial charge in [0.25, 0.3) is 0 Å². The maximum Gasteiger partial charge on any atom is 0.677 e.